The Labute approximate surface area is 127 Å². The van der Waals surface area contributed by atoms with Gasteiger partial charge in [0.25, 0.3) is 0 Å². The van der Waals surface area contributed by atoms with E-state index in [0.717, 1.165) is 5.56 Å². The van der Waals surface area contributed by atoms with E-state index in [-0.39, 0.29) is 10.3 Å². The molecule has 0 amide bonds. The first-order valence-corrected chi connectivity index (χ1v) is 8.49. The van der Waals surface area contributed by atoms with Crippen LogP contribution >= 0.6 is 0 Å². The standard InChI is InChI=1S/C15H26N2O3S/c1-11(2)15(3,4)10-17-21(18,19)14-7-6-12(9-16)8-13(14)20-5/h6-8,11,17H,9-10,16H2,1-5H3. The van der Waals surface area contributed by atoms with E-state index in [2.05, 4.69) is 18.6 Å². The van der Waals surface area contributed by atoms with E-state index in [1.54, 1.807) is 12.1 Å². The number of nitrogens with one attached hydrogen (secondary N) is 1. The molecule has 0 aromatic heterocycles. The highest BCUT2D eigenvalue weighted by Crippen LogP contribution is 2.28. The molecule has 0 fully saturated rings. The molecule has 0 bridgehead atoms. The van der Waals surface area contributed by atoms with Crippen LogP contribution in [0.25, 0.3) is 0 Å². The summed E-state index contributed by atoms with van der Waals surface area (Å²) in [6.45, 7) is 8.93. The minimum Gasteiger partial charge on any atom is -0.495 e. The molecule has 0 saturated carbocycles. The predicted octanol–water partition coefficient (Wildman–Crippen LogP) is 2.11. The Morgan fingerprint density at radius 1 is 1.33 bits per heavy atom. The third-order valence-electron chi connectivity index (χ3n) is 4.03. The van der Waals surface area contributed by atoms with Crippen molar-refractivity contribution in [2.24, 2.45) is 17.1 Å². The summed E-state index contributed by atoms with van der Waals surface area (Å²) < 4.78 is 32.8. The van der Waals surface area contributed by atoms with Gasteiger partial charge < -0.3 is 10.5 Å². The van der Waals surface area contributed by atoms with Gasteiger partial charge in [-0.2, -0.15) is 0 Å². The molecule has 6 heteroatoms. The lowest BCUT2D eigenvalue weighted by Gasteiger charge is -2.29. The maximum absolute atomic E-state index is 12.5. The van der Waals surface area contributed by atoms with Gasteiger partial charge in [-0.05, 0) is 29.0 Å². The van der Waals surface area contributed by atoms with Gasteiger partial charge in [-0.15, -0.1) is 0 Å². The molecule has 120 valence electrons. The molecule has 1 aromatic carbocycles. The van der Waals surface area contributed by atoms with Crippen LogP contribution in [0, 0.1) is 11.3 Å². The Kier molecular flexibility index (Phi) is 5.78. The van der Waals surface area contributed by atoms with Gasteiger partial charge >= 0.3 is 0 Å². The summed E-state index contributed by atoms with van der Waals surface area (Å²) in [7, 11) is -2.16. The average molecular weight is 314 g/mol. The van der Waals surface area contributed by atoms with Crippen molar-refractivity contribution in [1.29, 1.82) is 0 Å². The van der Waals surface area contributed by atoms with E-state index in [4.69, 9.17) is 10.5 Å². The highest BCUT2D eigenvalue weighted by Gasteiger charge is 2.27. The first-order valence-electron chi connectivity index (χ1n) is 7.00. The summed E-state index contributed by atoms with van der Waals surface area (Å²) in [5.41, 5.74) is 6.26. The molecule has 0 heterocycles. The van der Waals surface area contributed by atoms with Crippen molar-refractivity contribution in [3.63, 3.8) is 0 Å². The summed E-state index contributed by atoms with van der Waals surface area (Å²) in [4.78, 5) is 0.141. The van der Waals surface area contributed by atoms with Crippen LogP contribution in [0.3, 0.4) is 0 Å². The van der Waals surface area contributed by atoms with Gasteiger partial charge in [0.15, 0.2) is 0 Å². The second kappa shape index (κ2) is 6.77. The largest absolute Gasteiger partial charge is 0.495 e. The Balaban J connectivity index is 3.03. The SMILES string of the molecule is COc1cc(CN)ccc1S(=O)(=O)NCC(C)(C)C(C)C. The minimum atomic E-state index is -3.61. The van der Waals surface area contributed by atoms with Crippen LogP contribution in [-0.4, -0.2) is 22.1 Å². The third kappa shape index (κ3) is 4.43. The van der Waals surface area contributed by atoms with E-state index in [1.807, 2.05) is 13.8 Å². The molecule has 0 aliphatic heterocycles. The molecule has 1 rings (SSSR count). The Bertz CT molecular complexity index is 581. The first kappa shape index (κ1) is 17.9. The third-order valence-corrected chi connectivity index (χ3v) is 5.47. The lowest BCUT2D eigenvalue weighted by molar-refractivity contribution is 0.252. The maximum Gasteiger partial charge on any atom is 0.244 e. The monoisotopic (exact) mass is 314 g/mol. The first-order chi connectivity index (χ1) is 9.64. The smallest absolute Gasteiger partial charge is 0.244 e. The quantitative estimate of drug-likeness (QED) is 0.807. The van der Waals surface area contributed by atoms with Crippen molar-refractivity contribution in [3.8, 4) is 5.75 Å². The van der Waals surface area contributed by atoms with Crippen LogP contribution in [0.1, 0.15) is 33.3 Å². The zero-order valence-corrected chi connectivity index (χ0v) is 14.3. The molecule has 0 spiro atoms. The van der Waals surface area contributed by atoms with Crippen LogP contribution in [0.2, 0.25) is 0 Å². The van der Waals surface area contributed by atoms with Crippen molar-refractivity contribution < 1.29 is 13.2 Å². The molecule has 0 aliphatic carbocycles. The number of benzene rings is 1. The minimum absolute atomic E-state index is 0.127. The summed E-state index contributed by atoms with van der Waals surface area (Å²) in [6, 6.07) is 4.89. The molecule has 5 nitrogen and oxygen atoms in total. The maximum atomic E-state index is 12.5. The number of rotatable bonds is 7. The normalized spacial score (nSPS) is 12.7. The molecule has 3 N–H and O–H groups in total. The van der Waals surface area contributed by atoms with Crippen LogP contribution in [0.15, 0.2) is 23.1 Å². The van der Waals surface area contributed by atoms with E-state index < -0.39 is 10.0 Å². The molecule has 0 unspecified atom stereocenters. The van der Waals surface area contributed by atoms with Crippen LogP contribution in [0.4, 0.5) is 0 Å². The number of methoxy groups -OCH3 is 1. The van der Waals surface area contributed by atoms with Gasteiger partial charge in [0.1, 0.15) is 10.6 Å². The van der Waals surface area contributed by atoms with Crippen molar-refractivity contribution in [2.75, 3.05) is 13.7 Å². The molecule has 0 atom stereocenters. The highest BCUT2D eigenvalue weighted by atomic mass is 32.2. The van der Waals surface area contributed by atoms with Crippen molar-refractivity contribution in [3.05, 3.63) is 23.8 Å². The number of hydrogen-bond donors (Lipinski definition) is 2. The fraction of sp³-hybridized carbons (Fsp3) is 0.600. The molecule has 1 aromatic rings. The highest BCUT2D eigenvalue weighted by molar-refractivity contribution is 7.89. The second-order valence-electron chi connectivity index (χ2n) is 6.16. The topological polar surface area (TPSA) is 81.4 Å². The molecular formula is C15H26N2O3S. The second-order valence-corrected chi connectivity index (χ2v) is 7.89. The Morgan fingerprint density at radius 2 is 1.95 bits per heavy atom. The van der Waals surface area contributed by atoms with Gasteiger partial charge in [-0.25, -0.2) is 13.1 Å². The van der Waals surface area contributed by atoms with E-state index in [9.17, 15) is 8.42 Å². The van der Waals surface area contributed by atoms with Gasteiger partial charge in [0.05, 0.1) is 7.11 Å². The fourth-order valence-corrected chi connectivity index (χ4v) is 3.00. The van der Waals surface area contributed by atoms with Crippen molar-refractivity contribution in [1.82, 2.24) is 4.72 Å². The van der Waals surface area contributed by atoms with Gasteiger partial charge in [0, 0.05) is 13.1 Å². The lowest BCUT2D eigenvalue weighted by Crippen LogP contribution is -2.37. The van der Waals surface area contributed by atoms with Gasteiger partial charge in [-0.3, -0.25) is 0 Å². The van der Waals surface area contributed by atoms with Crippen LogP contribution in [0.5, 0.6) is 5.75 Å². The van der Waals surface area contributed by atoms with Gasteiger partial charge in [0.2, 0.25) is 10.0 Å². The molecule has 0 aliphatic rings. The fourth-order valence-electron chi connectivity index (χ4n) is 1.62. The summed E-state index contributed by atoms with van der Waals surface area (Å²) in [5.74, 6) is 0.675. The van der Waals surface area contributed by atoms with Gasteiger partial charge in [-0.1, -0.05) is 33.8 Å². The summed E-state index contributed by atoms with van der Waals surface area (Å²) in [5, 5.41) is 0. The van der Waals surface area contributed by atoms with E-state index in [1.165, 1.54) is 13.2 Å². The van der Waals surface area contributed by atoms with Crippen LogP contribution < -0.4 is 15.2 Å². The van der Waals surface area contributed by atoms with Crippen molar-refractivity contribution in [2.45, 2.75) is 39.1 Å². The lowest BCUT2D eigenvalue weighted by atomic mass is 9.81. The van der Waals surface area contributed by atoms with Crippen molar-refractivity contribution >= 4 is 10.0 Å². The molecule has 21 heavy (non-hydrogen) atoms. The zero-order chi connectivity index (χ0) is 16.3. The van der Waals surface area contributed by atoms with E-state index >= 15 is 0 Å². The molecular weight excluding hydrogens is 288 g/mol. The Hall–Kier alpha value is -1.11. The summed E-state index contributed by atoms with van der Waals surface area (Å²) >= 11 is 0. The predicted molar refractivity (Wildman–Crippen MR) is 84.7 cm³/mol. The number of hydrogen-bond acceptors (Lipinski definition) is 4. The number of nitrogens with two attached hydrogens (primary N) is 1. The number of ether oxygens (including phenoxy) is 1. The Morgan fingerprint density at radius 3 is 2.43 bits per heavy atom. The molecule has 0 saturated heterocycles. The average Bonchev–Trinajstić information content (AvgIpc) is 2.44. The number of sulfonamides is 1. The molecule has 0 radical (unpaired) electrons. The van der Waals surface area contributed by atoms with E-state index in [0.29, 0.717) is 24.8 Å². The van der Waals surface area contributed by atoms with Crippen LogP contribution in [-0.2, 0) is 16.6 Å². The zero-order valence-electron chi connectivity index (χ0n) is 13.4. The summed E-state index contributed by atoms with van der Waals surface area (Å²) in [6.07, 6.45) is 0.